The molecule has 2 aromatic rings. The van der Waals surface area contributed by atoms with E-state index in [1.807, 2.05) is 11.9 Å². The highest BCUT2D eigenvalue weighted by atomic mass is 16.2. The van der Waals surface area contributed by atoms with Gasteiger partial charge in [-0.2, -0.15) is 0 Å². The fourth-order valence-corrected chi connectivity index (χ4v) is 3.86. The Morgan fingerprint density at radius 3 is 2.77 bits per heavy atom. The van der Waals surface area contributed by atoms with Crippen molar-refractivity contribution in [2.75, 3.05) is 33.2 Å². The molecule has 1 unspecified atom stereocenters. The van der Waals surface area contributed by atoms with Crippen molar-refractivity contribution in [3.63, 3.8) is 0 Å². The number of amides is 1. The zero-order valence-corrected chi connectivity index (χ0v) is 15.9. The maximum absolute atomic E-state index is 12.5. The Morgan fingerprint density at radius 2 is 2.00 bits per heavy atom. The maximum Gasteiger partial charge on any atom is 0.253 e. The molecule has 4 heteroatoms. The minimum absolute atomic E-state index is 0.0874. The van der Waals surface area contributed by atoms with E-state index in [9.17, 15) is 4.79 Å². The van der Waals surface area contributed by atoms with Gasteiger partial charge < -0.3 is 9.80 Å². The monoisotopic (exact) mass is 351 g/mol. The molecular weight excluding hydrogens is 322 g/mol. The Bertz CT molecular complexity index is 716. The smallest absolute Gasteiger partial charge is 0.253 e. The average Bonchev–Trinajstić information content (AvgIpc) is 2.68. The molecule has 0 bridgehead atoms. The SMILES string of the molecule is Cc1ccccc1CCN1CCCC(CN(C)C(=O)c2ccncc2)C1. The Morgan fingerprint density at radius 1 is 1.23 bits per heavy atom. The molecule has 1 aliphatic heterocycles. The number of aromatic nitrogens is 1. The van der Waals surface area contributed by atoms with Crippen LogP contribution < -0.4 is 0 Å². The van der Waals surface area contributed by atoms with E-state index in [0.717, 1.165) is 31.6 Å². The van der Waals surface area contributed by atoms with E-state index in [4.69, 9.17) is 0 Å². The first-order chi connectivity index (χ1) is 12.6. The van der Waals surface area contributed by atoms with Gasteiger partial charge in [0.25, 0.3) is 5.91 Å². The van der Waals surface area contributed by atoms with Crippen LogP contribution in [-0.4, -0.2) is 53.9 Å². The van der Waals surface area contributed by atoms with Gasteiger partial charge in [0, 0.05) is 44.6 Å². The Balaban J connectivity index is 1.50. The van der Waals surface area contributed by atoms with E-state index in [-0.39, 0.29) is 5.91 Å². The molecule has 2 heterocycles. The standard InChI is InChI=1S/C22H29N3O/c1-18-6-3-4-8-20(18)11-15-25-14-5-7-19(17-25)16-24(2)22(26)21-9-12-23-13-10-21/h3-4,6,8-10,12-13,19H,5,7,11,14-17H2,1-2H3. The number of piperidine rings is 1. The summed E-state index contributed by atoms with van der Waals surface area (Å²) in [5.74, 6) is 0.640. The molecule has 1 fully saturated rings. The summed E-state index contributed by atoms with van der Waals surface area (Å²) < 4.78 is 0. The maximum atomic E-state index is 12.5. The summed E-state index contributed by atoms with van der Waals surface area (Å²) in [6, 6.07) is 12.2. The van der Waals surface area contributed by atoms with Crippen molar-refractivity contribution in [3.8, 4) is 0 Å². The Kier molecular flexibility index (Phi) is 6.40. The van der Waals surface area contributed by atoms with Crippen molar-refractivity contribution in [2.45, 2.75) is 26.2 Å². The number of benzene rings is 1. The molecule has 138 valence electrons. The van der Waals surface area contributed by atoms with Gasteiger partial charge in [-0.05, 0) is 61.9 Å². The molecule has 1 amide bonds. The molecule has 1 aromatic carbocycles. The van der Waals surface area contributed by atoms with Gasteiger partial charge in [-0.25, -0.2) is 0 Å². The van der Waals surface area contributed by atoms with Crippen molar-refractivity contribution >= 4 is 5.91 Å². The van der Waals surface area contributed by atoms with E-state index in [2.05, 4.69) is 41.1 Å². The second kappa shape index (κ2) is 8.95. The van der Waals surface area contributed by atoms with Crippen molar-refractivity contribution in [3.05, 3.63) is 65.5 Å². The van der Waals surface area contributed by atoms with E-state index in [1.165, 1.54) is 30.5 Å². The van der Waals surface area contributed by atoms with Gasteiger partial charge in [0.1, 0.15) is 0 Å². The lowest BCUT2D eigenvalue weighted by Gasteiger charge is -2.34. The molecule has 4 nitrogen and oxygen atoms in total. The van der Waals surface area contributed by atoms with Crippen molar-refractivity contribution < 1.29 is 4.79 Å². The minimum atomic E-state index is 0.0874. The number of pyridine rings is 1. The van der Waals surface area contributed by atoms with Gasteiger partial charge in [0.2, 0.25) is 0 Å². The van der Waals surface area contributed by atoms with Crippen LogP contribution in [0.2, 0.25) is 0 Å². The summed E-state index contributed by atoms with van der Waals surface area (Å²) in [7, 11) is 1.91. The van der Waals surface area contributed by atoms with Crippen LogP contribution >= 0.6 is 0 Å². The van der Waals surface area contributed by atoms with E-state index >= 15 is 0 Å². The first-order valence-electron chi connectivity index (χ1n) is 9.56. The summed E-state index contributed by atoms with van der Waals surface area (Å²) in [5, 5.41) is 0. The zero-order chi connectivity index (χ0) is 18.4. The molecule has 3 rings (SSSR count). The van der Waals surface area contributed by atoms with Crippen LogP contribution in [0.4, 0.5) is 0 Å². The van der Waals surface area contributed by atoms with Crippen LogP contribution in [0.25, 0.3) is 0 Å². The van der Waals surface area contributed by atoms with E-state index in [1.54, 1.807) is 24.5 Å². The number of rotatable bonds is 6. The van der Waals surface area contributed by atoms with Crippen LogP contribution in [0, 0.1) is 12.8 Å². The summed E-state index contributed by atoms with van der Waals surface area (Å²) in [5.41, 5.74) is 3.54. The van der Waals surface area contributed by atoms with Crippen LogP contribution in [0.3, 0.4) is 0 Å². The fourth-order valence-electron chi connectivity index (χ4n) is 3.86. The normalized spacial score (nSPS) is 17.8. The van der Waals surface area contributed by atoms with Crippen molar-refractivity contribution in [1.29, 1.82) is 0 Å². The van der Waals surface area contributed by atoms with Crippen molar-refractivity contribution in [2.24, 2.45) is 5.92 Å². The number of likely N-dealkylation sites (tertiary alicyclic amines) is 1. The van der Waals surface area contributed by atoms with Gasteiger partial charge in [-0.3, -0.25) is 9.78 Å². The summed E-state index contributed by atoms with van der Waals surface area (Å²) in [4.78, 5) is 20.9. The quantitative estimate of drug-likeness (QED) is 0.800. The Hall–Kier alpha value is -2.20. The third-order valence-corrected chi connectivity index (χ3v) is 5.37. The fraction of sp³-hybridized carbons (Fsp3) is 0.455. The minimum Gasteiger partial charge on any atom is -0.341 e. The van der Waals surface area contributed by atoms with Gasteiger partial charge in [0.15, 0.2) is 0 Å². The molecule has 0 spiro atoms. The third-order valence-electron chi connectivity index (χ3n) is 5.37. The van der Waals surface area contributed by atoms with Crippen molar-refractivity contribution in [1.82, 2.24) is 14.8 Å². The first kappa shape index (κ1) is 18.6. The highest BCUT2D eigenvalue weighted by molar-refractivity contribution is 5.93. The lowest BCUT2D eigenvalue weighted by atomic mass is 9.96. The summed E-state index contributed by atoms with van der Waals surface area (Å²) in [6.45, 7) is 6.36. The van der Waals surface area contributed by atoms with Crippen LogP contribution in [0.15, 0.2) is 48.8 Å². The van der Waals surface area contributed by atoms with Gasteiger partial charge in [-0.1, -0.05) is 24.3 Å². The molecule has 0 aliphatic carbocycles. The zero-order valence-electron chi connectivity index (χ0n) is 15.9. The third kappa shape index (κ3) is 4.92. The Labute approximate surface area is 156 Å². The molecule has 1 aliphatic rings. The molecular formula is C22H29N3O. The van der Waals surface area contributed by atoms with E-state index < -0.39 is 0 Å². The highest BCUT2D eigenvalue weighted by Gasteiger charge is 2.23. The summed E-state index contributed by atoms with van der Waals surface area (Å²) in [6.07, 6.45) is 6.87. The molecule has 0 saturated carbocycles. The molecule has 1 saturated heterocycles. The number of carbonyl (C=O) groups is 1. The number of aryl methyl sites for hydroxylation is 1. The van der Waals surface area contributed by atoms with Gasteiger partial charge in [-0.15, -0.1) is 0 Å². The van der Waals surface area contributed by atoms with Crippen LogP contribution in [-0.2, 0) is 6.42 Å². The summed E-state index contributed by atoms with van der Waals surface area (Å²) >= 11 is 0. The topological polar surface area (TPSA) is 36.4 Å². The van der Waals surface area contributed by atoms with Gasteiger partial charge in [0.05, 0.1) is 0 Å². The predicted octanol–water partition coefficient (Wildman–Crippen LogP) is 3.42. The molecule has 1 atom stereocenters. The largest absolute Gasteiger partial charge is 0.341 e. The number of hydrogen-bond donors (Lipinski definition) is 0. The number of nitrogens with zero attached hydrogens (tertiary/aromatic N) is 3. The molecule has 0 radical (unpaired) electrons. The van der Waals surface area contributed by atoms with Crippen LogP contribution in [0.5, 0.6) is 0 Å². The number of carbonyl (C=O) groups excluding carboxylic acids is 1. The second-order valence-corrected chi connectivity index (χ2v) is 7.41. The second-order valence-electron chi connectivity index (χ2n) is 7.41. The molecule has 1 aromatic heterocycles. The number of hydrogen-bond acceptors (Lipinski definition) is 3. The predicted molar refractivity (Wildman–Crippen MR) is 105 cm³/mol. The molecule has 26 heavy (non-hydrogen) atoms. The lowest BCUT2D eigenvalue weighted by molar-refractivity contribution is 0.0730. The lowest BCUT2D eigenvalue weighted by Crippen LogP contribution is -2.42. The molecule has 0 N–H and O–H groups in total. The van der Waals surface area contributed by atoms with Crippen LogP contribution in [0.1, 0.15) is 34.3 Å². The van der Waals surface area contributed by atoms with E-state index in [0.29, 0.717) is 5.92 Å². The average molecular weight is 351 g/mol. The highest BCUT2D eigenvalue weighted by Crippen LogP contribution is 2.19. The first-order valence-corrected chi connectivity index (χ1v) is 9.56. The van der Waals surface area contributed by atoms with Gasteiger partial charge >= 0.3 is 0 Å².